The minimum atomic E-state index is 0.795. The Labute approximate surface area is 116 Å². The van der Waals surface area contributed by atoms with E-state index in [0.29, 0.717) is 0 Å². The summed E-state index contributed by atoms with van der Waals surface area (Å²) in [6.45, 7) is 8.07. The van der Waals surface area contributed by atoms with Crippen molar-refractivity contribution in [2.45, 2.75) is 26.8 Å². The second-order valence-corrected chi connectivity index (χ2v) is 5.83. The summed E-state index contributed by atoms with van der Waals surface area (Å²) in [6.07, 6.45) is 1.35. The highest BCUT2D eigenvalue weighted by atomic mass is 16.5. The van der Waals surface area contributed by atoms with Gasteiger partial charge in [0.25, 0.3) is 0 Å². The maximum absolute atomic E-state index is 5.36. The van der Waals surface area contributed by atoms with Gasteiger partial charge in [0.05, 0.1) is 14.2 Å². The predicted octanol–water partition coefficient (Wildman–Crippen LogP) is 3.18. The van der Waals surface area contributed by atoms with Crippen LogP contribution in [0.2, 0.25) is 0 Å². The van der Waals surface area contributed by atoms with Crippen LogP contribution in [0.1, 0.15) is 25.8 Å². The largest absolute Gasteiger partial charge is 0.493 e. The van der Waals surface area contributed by atoms with E-state index in [9.17, 15) is 0 Å². The van der Waals surface area contributed by atoms with Gasteiger partial charge in [0.2, 0.25) is 0 Å². The van der Waals surface area contributed by atoms with E-state index in [4.69, 9.17) is 9.47 Å². The van der Waals surface area contributed by atoms with E-state index in [1.165, 1.54) is 25.1 Å². The Morgan fingerprint density at radius 2 is 1.68 bits per heavy atom. The number of hydrogen-bond acceptors (Lipinski definition) is 3. The first-order valence-corrected chi connectivity index (χ1v) is 7.05. The minimum absolute atomic E-state index is 0.795. The van der Waals surface area contributed by atoms with Crippen molar-refractivity contribution in [3.63, 3.8) is 0 Å². The third kappa shape index (κ3) is 3.63. The lowest BCUT2D eigenvalue weighted by Crippen LogP contribution is -2.38. The number of piperidine rings is 1. The van der Waals surface area contributed by atoms with Gasteiger partial charge < -0.3 is 9.47 Å². The summed E-state index contributed by atoms with van der Waals surface area (Å²) in [6, 6.07) is 6.21. The van der Waals surface area contributed by atoms with E-state index in [1.807, 2.05) is 6.07 Å². The molecule has 0 bridgehead atoms. The Balaban J connectivity index is 2.06. The molecule has 3 heteroatoms. The number of benzene rings is 1. The minimum Gasteiger partial charge on any atom is -0.493 e. The van der Waals surface area contributed by atoms with Crippen molar-refractivity contribution in [3.05, 3.63) is 23.8 Å². The highest BCUT2D eigenvalue weighted by Gasteiger charge is 2.21. The molecule has 0 amide bonds. The Hall–Kier alpha value is -1.22. The molecule has 0 saturated carbocycles. The van der Waals surface area contributed by atoms with Gasteiger partial charge in [-0.15, -0.1) is 0 Å². The maximum atomic E-state index is 5.36. The zero-order valence-electron chi connectivity index (χ0n) is 12.5. The van der Waals surface area contributed by atoms with E-state index < -0.39 is 0 Å². The molecule has 19 heavy (non-hydrogen) atoms. The fourth-order valence-electron chi connectivity index (χ4n) is 3.16. The van der Waals surface area contributed by atoms with Gasteiger partial charge in [-0.1, -0.05) is 19.9 Å². The van der Waals surface area contributed by atoms with Gasteiger partial charge in [-0.3, -0.25) is 4.90 Å². The number of ether oxygens (including phenoxy) is 2. The van der Waals surface area contributed by atoms with Crippen molar-refractivity contribution >= 4 is 0 Å². The Morgan fingerprint density at radius 3 is 2.26 bits per heavy atom. The van der Waals surface area contributed by atoms with Crippen LogP contribution < -0.4 is 9.47 Å². The molecule has 0 spiro atoms. The molecular weight excluding hydrogens is 238 g/mol. The lowest BCUT2D eigenvalue weighted by molar-refractivity contribution is 0.134. The number of rotatable bonds is 4. The second-order valence-electron chi connectivity index (χ2n) is 5.83. The Kier molecular flexibility index (Phi) is 4.70. The third-order valence-corrected chi connectivity index (χ3v) is 3.80. The number of nitrogens with zero attached hydrogens (tertiary/aromatic N) is 1. The van der Waals surface area contributed by atoms with Crippen LogP contribution in [-0.2, 0) is 6.54 Å². The van der Waals surface area contributed by atoms with Crippen molar-refractivity contribution < 1.29 is 9.47 Å². The summed E-state index contributed by atoms with van der Waals surface area (Å²) >= 11 is 0. The topological polar surface area (TPSA) is 21.7 Å². The van der Waals surface area contributed by atoms with E-state index >= 15 is 0 Å². The molecule has 1 aliphatic rings. The van der Waals surface area contributed by atoms with Crippen LogP contribution >= 0.6 is 0 Å². The predicted molar refractivity (Wildman–Crippen MR) is 77.8 cm³/mol. The molecule has 1 fully saturated rings. The summed E-state index contributed by atoms with van der Waals surface area (Å²) in [7, 11) is 3.36. The molecule has 1 aliphatic heterocycles. The van der Waals surface area contributed by atoms with Crippen LogP contribution in [0, 0.1) is 11.8 Å². The summed E-state index contributed by atoms with van der Waals surface area (Å²) in [5, 5.41) is 0. The molecule has 1 aromatic rings. The quantitative estimate of drug-likeness (QED) is 0.833. The molecule has 106 valence electrons. The van der Waals surface area contributed by atoms with Gasteiger partial charge in [0.1, 0.15) is 0 Å². The molecule has 2 atom stereocenters. The molecule has 2 rings (SSSR count). The molecule has 3 nitrogen and oxygen atoms in total. The molecule has 0 aliphatic carbocycles. The summed E-state index contributed by atoms with van der Waals surface area (Å²) < 4.78 is 10.6. The summed E-state index contributed by atoms with van der Waals surface area (Å²) in [5.41, 5.74) is 1.29. The SMILES string of the molecule is COc1ccc(CN2C[C@H](C)C[C@@H](C)C2)cc1OC. The smallest absolute Gasteiger partial charge is 0.161 e. The fourth-order valence-corrected chi connectivity index (χ4v) is 3.16. The van der Waals surface area contributed by atoms with E-state index in [0.717, 1.165) is 29.9 Å². The number of hydrogen-bond donors (Lipinski definition) is 0. The van der Waals surface area contributed by atoms with Crippen molar-refractivity contribution in [1.82, 2.24) is 4.90 Å². The second kappa shape index (κ2) is 6.29. The van der Waals surface area contributed by atoms with Gasteiger partial charge in [-0.25, -0.2) is 0 Å². The van der Waals surface area contributed by atoms with Gasteiger partial charge in [-0.05, 0) is 36.0 Å². The van der Waals surface area contributed by atoms with Crippen molar-refractivity contribution in [2.24, 2.45) is 11.8 Å². The maximum Gasteiger partial charge on any atom is 0.161 e. The summed E-state index contributed by atoms with van der Waals surface area (Å²) in [4.78, 5) is 2.54. The number of methoxy groups -OCH3 is 2. The van der Waals surface area contributed by atoms with Crippen LogP contribution in [-0.4, -0.2) is 32.2 Å². The fraction of sp³-hybridized carbons (Fsp3) is 0.625. The summed E-state index contributed by atoms with van der Waals surface area (Å²) in [5.74, 6) is 3.21. The zero-order chi connectivity index (χ0) is 13.8. The normalized spacial score (nSPS) is 24.2. The lowest BCUT2D eigenvalue weighted by atomic mass is 9.91. The molecule has 1 aromatic carbocycles. The van der Waals surface area contributed by atoms with Crippen LogP contribution in [0.15, 0.2) is 18.2 Å². The van der Waals surface area contributed by atoms with Gasteiger partial charge in [0.15, 0.2) is 11.5 Å². The van der Waals surface area contributed by atoms with Crippen LogP contribution in [0.3, 0.4) is 0 Å². The lowest BCUT2D eigenvalue weighted by Gasteiger charge is -2.35. The van der Waals surface area contributed by atoms with Gasteiger partial charge >= 0.3 is 0 Å². The van der Waals surface area contributed by atoms with E-state index in [-0.39, 0.29) is 0 Å². The van der Waals surface area contributed by atoms with Crippen LogP contribution in [0.5, 0.6) is 11.5 Å². The molecule has 0 radical (unpaired) electrons. The van der Waals surface area contributed by atoms with Gasteiger partial charge in [0, 0.05) is 19.6 Å². The average molecular weight is 263 g/mol. The first kappa shape index (κ1) is 14.2. The zero-order valence-corrected chi connectivity index (χ0v) is 12.5. The van der Waals surface area contributed by atoms with Crippen LogP contribution in [0.25, 0.3) is 0 Å². The first-order chi connectivity index (χ1) is 9.12. The van der Waals surface area contributed by atoms with Gasteiger partial charge in [-0.2, -0.15) is 0 Å². The third-order valence-electron chi connectivity index (χ3n) is 3.80. The van der Waals surface area contributed by atoms with Crippen molar-refractivity contribution in [1.29, 1.82) is 0 Å². The van der Waals surface area contributed by atoms with Crippen molar-refractivity contribution in [3.8, 4) is 11.5 Å². The Bertz CT molecular complexity index is 409. The highest BCUT2D eigenvalue weighted by Crippen LogP contribution is 2.29. The molecule has 0 unspecified atom stereocenters. The monoisotopic (exact) mass is 263 g/mol. The molecule has 1 saturated heterocycles. The average Bonchev–Trinajstić information content (AvgIpc) is 2.37. The number of likely N-dealkylation sites (tertiary alicyclic amines) is 1. The molecular formula is C16H25NO2. The molecule has 1 heterocycles. The van der Waals surface area contributed by atoms with Crippen molar-refractivity contribution in [2.75, 3.05) is 27.3 Å². The molecule has 0 aromatic heterocycles. The Morgan fingerprint density at radius 1 is 1.05 bits per heavy atom. The highest BCUT2D eigenvalue weighted by molar-refractivity contribution is 5.42. The first-order valence-electron chi connectivity index (χ1n) is 7.05. The molecule has 0 N–H and O–H groups in total. The van der Waals surface area contributed by atoms with Crippen LogP contribution in [0.4, 0.5) is 0 Å². The van der Waals surface area contributed by atoms with E-state index in [2.05, 4.69) is 30.9 Å². The standard InChI is InChI=1S/C16H25NO2/c1-12-7-13(2)10-17(9-12)11-14-5-6-15(18-3)16(8-14)19-4/h5-6,8,12-13H,7,9-11H2,1-4H3/t12-,13-/m1/s1. The van der Waals surface area contributed by atoms with E-state index in [1.54, 1.807) is 14.2 Å².